The van der Waals surface area contributed by atoms with Crippen molar-refractivity contribution in [1.29, 1.82) is 0 Å². The molecule has 2 heterocycles. The molecule has 0 unspecified atom stereocenters. The molecule has 0 saturated carbocycles. The van der Waals surface area contributed by atoms with Crippen LogP contribution >= 0.6 is 0 Å². The molecule has 0 bridgehead atoms. The van der Waals surface area contributed by atoms with Gasteiger partial charge in [0.05, 0.1) is 25.5 Å². The number of anilines is 2. The van der Waals surface area contributed by atoms with Crippen LogP contribution in [-0.4, -0.2) is 50.2 Å². The molecule has 7 heteroatoms. The van der Waals surface area contributed by atoms with Gasteiger partial charge in [-0.15, -0.1) is 0 Å². The van der Waals surface area contributed by atoms with E-state index in [0.717, 1.165) is 44.5 Å². The van der Waals surface area contributed by atoms with E-state index in [1.807, 2.05) is 11.0 Å². The maximum Gasteiger partial charge on any atom is 0.257 e. The number of methoxy groups -OCH3 is 2. The molecule has 31 heavy (non-hydrogen) atoms. The van der Waals surface area contributed by atoms with Crippen LogP contribution in [-0.2, 0) is 0 Å². The maximum atomic E-state index is 13.1. The van der Waals surface area contributed by atoms with Crippen LogP contribution in [0.3, 0.4) is 0 Å². The lowest BCUT2D eigenvalue weighted by Crippen LogP contribution is -2.55. The number of hydrogen-bond acceptors (Lipinski definition) is 5. The van der Waals surface area contributed by atoms with Crippen molar-refractivity contribution in [3.05, 3.63) is 47.5 Å². The lowest BCUT2D eigenvalue weighted by Gasteiger charge is -2.44. The van der Waals surface area contributed by atoms with Crippen molar-refractivity contribution >= 4 is 23.2 Å². The Morgan fingerprint density at radius 1 is 1.06 bits per heavy atom. The molecule has 2 aromatic carbocycles. The third-order valence-electron chi connectivity index (χ3n) is 6.09. The minimum Gasteiger partial charge on any atom is -0.497 e. The van der Waals surface area contributed by atoms with Crippen LogP contribution < -0.4 is 19.7 Å². The van der Waals surface area contributed by atoms with Crippen LogP contribution in [0.5, 0.6) is 11.5 Å². The number of carbonyl (C=O) groups excluding carboxylic acids is 2. The average molecular weight is 424 g/mol. The SMILES string of the molecule is CCN1c2cc(C(=O)Nc3cc(OC)cc(OC)c3)ccc2C(=O)N2CCCCC[C@H]21. The number of rotatable bonds is 5. The molecule has 2 aliphatic heterocycles. The van der Waals surface area contributed by atoms with Crippen molar-refractivity contribution < 1.29 is 19.1 Å². The van der Waals surface area contributed by atoms with Crippen LogP contribution in [0, 0.1) is 0 Å². The van der Waals surface area contributed by atoms with Crippen LogP contribution in [0.1, 0.15) is 53.3 Å². The molecule has 0 spiro atoms. The van der Waals surface area contributed by atoms with Gasteiger partial charge in [-0.25, -0.2) is 0 Å². The van der Waals surface area contributed by atoms with Crippen LogP contribution in [0.2, 0.25) is 0 Å². The Morgan fingerprint density at radius 2 is 1.81 bits per heavy atom. The van der Waals surface area contributed by atoms with Crippen LogP contribution in [0.15, 0.2) is 36.4 Å². The Kier molecular flexibility index (Phi) is 6.02. The summed E-state index contributed by atoms with van der Waals surface area (Å²) in [5, 5.41) is 2.91. The van der Waals surface area contributed by atoms with E-state index < -0.39 is 0 Å². The third kappa shape index (κ3) is 4.04. The highest BCUT2D eigenvalue weighted by Gasteiger charge is 2.37. The second-order valence-electron chi connectivity index (χ2n) is 7.90. The van der Waals surface area contributed by atoms with Gasteiger partial charge in [-0.2, -0.15) is 0 Å². The van der Waals surface area contributed by atoms with Gasteiger partial charge in [-0.3, -0.25) is 9.59 Å². The highest BCUT2D eigenvalue weighted by molar-refractivity contribution is 6.08. The standard InChI is InChI=1S/C24H29N3O4/c1-4-26-21-12-16(23(28)25-17-13-18(30-2)15-19(14-17)31-3)9-10-20(21)24(29)27-11-7-5-6-8-22(26)27/h9-10,12-15,22H,4-8,11H2,1-3H3,(H,25,28)/t22-/m0/s1. The van der Waals surface area contributed by atoms with Crippen molar-refractivity contribution in [2.75, 3.05) is 37.5 Å². The lowest BCUT2D eigenvalue weighted by atomic mass is 10.0. The van der Waals surface area contributed by atoms with Crippen molar-refractivity contribution in [1.82, 2.24) is 4.90 Å². The van der Waals surface area contributed by atoms with E-state index in [4.69, 9.17) is 9.47 Å². The molecule has 1 atom stereocenters. The first-order valence-electron chi connectivity index (χ1n) is 10.8. The first-order chi connectivity index (χ1) is 15.0. The fraction of sp³-hybridized carbons (Fsp3) is 0.417. The zero-order valence-electron chi connectivity index (χ0n) is 18.3. The summed E-state index contributed by atoms with van der Waals surface area (Å²) >= 11 is 0. The Balaban J connectivity index is 1.64. The van der Waals surface area contributed by atoms with E-state index in [-0.39, 0.29) is 18.0 Å². The summed E-state index contributed by atoms with van der Waals surface area (Å²) in [7, 11) is 3.13. The number of benzene rings is 2. The minimum absolute atomic E-state index is 0.0634. The Hall–Kier alpha value is -3.22. The van der Waals surface area contributed by atoms with Crippen molar-refractivity contribution in [3.63, 3.8) is 0 Å². The lowest BCUT2D eigenvalue weighted by molar-refractivity contribution is 0.0656. The van der Waals surface area contributed by atoms with Crippen molar-refractivity contribution in [2.24, 2.45) is 0 Å². The summed E-state index contributed by atoms with van der Waals surface area (Å²) in [5.41, 5.74) is 2.59. The highest BCUT2D eigenvalue weighted by atomic mass is 16.5. The van der Waals surface area contributed by atoms with Gasteiger partial charge in [-0.05, 0) is 44.4 Å². The first kappa shape index (κ1) is 21.0. The van der Waals surface area contributed by atoms with E-state index in [9.17, 15) is 9.59 Å². The van der Waals surface area contributed by atoms with Gasteiger partial charge in [0.1, 0.15) is 17.7 Å². The van der Waals surface area contributed by atoms with Gasteiger partial charge in [0.15, 0.2) is 0 Å². The number of hydrogen-bond donors (Lipinski definition) is 1. The summed E-state index contributed by atoms with van der Waals surface area (Å²) in [4.78, 5) is 30.4. The monoisotopic (exact) mass is 423 g/mol. The minimum atomic E-state index is -0.245. The van der Waals surface area contributed by atoms with Crippen LogP contribution in [0.4, 0.5) is 11.4 Å². The number of carbonyl (C=O) groups is 2. The zero-order valence-corrected chi connectivity index (χ0v) is 18.3. The number of nitrogens with zero attached hydrogens (tertiary/aromatic N) is 2. The molecule has 1 saturated heterocycles. The van der Waals surface area contributed by atoms with Gasteiger partial charge >= 0.3 is 0 Å². The van der Waals surface area contributed by atoms with Gasteiger partial charge in [0.25, 0.3) is 11.8 Å². The number of nitrogens with one attached hydrogen (secondary N) is 1. The Morgan fingerprint density at radius 3 is 2.48 bits per heavy atom. The zero-order chi connectivity index (χ0) is 22.0. The molecular weight excluding hydrogens is 394 g/mol. The molecule has 0 radical (unpaired) electrons. The number of fused-ring (bicyclic) bond motifs is 2. The molecule has 4 rings (SSSR count). The Bertz CT molecular complexity index is 969. The molecule has 7 nitrogen and oxygen atoms in total. The fourth-order valence-electron chi connectivity index (χ4n) is 4.52. The summed E-state index contributed by atoms with van der Waals surface area (Å²) in [5.74, 6) is 1.01. The molecule has 1 fully saturated rings. The predicted molar refractivity (Wildman–Crippen MR) is 120 cm³/mol. The quantitative estimate of drug-likeness (QED) is 0.783. The van der Waals surface area contributed by atoms with E-state index in [2.05, 4.69) is 17.1 Å². The van der Waals surface area contributed by atoms with Gasteiger partial charge in [-0.1, -0.05) is 6.42 Å². The summed E-state index contributed by atoms with van der Waals surface area (Å²) < 4.78 is 10.6. The predicted octanol–water partition coefficient (Wildman–Crippen LogP) is 4.14. The maximum absolute atomic E-state index is 13.1. The summed E-state index contributed by atoms with van der Waals surface area (Å²) in [6, 6.07) is 10.6. The third-order valence-corrected chi connectivity index (χ3v) is 6.09. The molecule has 2 aromatic rings. The van der Waals surface area contributed by atoms with E-state index in [1.165, 1.54) is 0 Å². The van der Waals surface area contributed by atoms with Crippen molar-refractivity contribution in [3.8, 4) is 11.5 Å². The molecule has 2 aliphatic rings. The van der Waals surface area contributed by atoms with Gasteiger partial charge in [0.2, 0.25) is 0 Å². The van der Waals surface area contributed by atoms with E-state index in [0.29, 0.717) is 28.3 Å². The topological polar surface area (TPSA) is 71.1 Å². The van der Waals surface area contributed by atoms with Gasteiger partial charge < -0.3 is 24.6 Å². The van der Waals surface area contributed by atoms with Crippen LogP contribution in [0.25, 0.3) is 0 Å². The highest BCUT2D eigenvalue weighted by Crippen LogP contribution is 2.35. The molecule has 0 aliphatic carbocycles. The Labute approximate surface area is 182 Å². The number of amides is 2. The normalized spacial score (nSPS) is 18.0. The summed E-state index contributed by atoms with van der Waals surface area (Å²) in [6.07, 6.45) is 4.32. The molecule has 2 amide bonds. The molecule has 164 valence electrons. The molecule has 1 N–H and O–H groups in total. The molecule has 0 aromatic heterocycles. The first-order valence-corrected chi connectivity index (χ1v) is 10.8. The van der Waals surface area contributed by atoms with E-state index >= 15 is 0 Å². The molecular formula is C24H29N3O4. The van der Waals surface area contributed by atoms with Gasteiger partial charge in [0, 0.05) is 42.5 Å². The summed E-state index contributed by atoms with van der Waals surface area (Å²) in [6.45, 7) is 3.66. The smallest absolute Gasteiger partial charge is 0.257 e. The second-order valence-corrected chi connectivity index (χ2v) is 7.90. The van der Waals surface area contributed by atoms with E-state index in [1.54, 1.807) is 44.6 Å². The largest absolute Gasteiger partial charge is 0.497 e. The number of ether oxygens (including phenoxy) is 2. The van der Waals surface area contributed by atoms with Crippen molar-refractivity contribution in [2.45, 2.75) is 38.8 Å². The fourth-order valence-corrected chi connectivity index (χ4v) is 4.52. The average Bonchev–Trinajstić information content (AvgIpc) is 3.05. The second kappa shape index (κ2) is 8.88.